The summed E-state index contributed by atoms with van der Waals surface area (Å²) in [5.74, 6) is -0.0300. The predicted molar refractivity (Wildman–Crippen MR) is 112 cm³/mol. The molecule has 5 rings (SSSR count). The molecule has 6 nitrogen and oxygen atoms in total. The van der Waals surface area contributed by atoms with E-state index in [1.807, 2.05) is 48.5 Å². The van der Waals surface area contributed by atoms with Gasteiger partial charge in [0.2, 0.25) is 11.8 Å². The van der Waals surface area contributed by atoms with E-state index < -0.39 is 6.04 Å². The summed E-state index contributed by atoms with van der Waals surface area (Å²) in [6.07, 6.45) is 1.17. The van der Waals surface area contributed by atoms with Crippen LogP contribution < -0.4 is 10.6 Å². The molecule has 148 valence electrons. The fraction of sp³-hybridized carbons (Fsp3) is 0.318. The van der Waals surface area contributed by atoms with E-state index in [0.29, 0.717) is 25.9 Å². The summed E-state index contributed by atoms with van der Waals surface area (Å²) < 4.78 is 1.17. The van der Waals surface area contributed by atoms with Gasteiger partial charge in [0.05, 0.1) is 10.2 Å². The van der Waals surface area contributed by atoms with E-state index >= 15 is 0 Å². The van der Waals surface area contributed by atoms with Gasteiger partial charge in [-0.25, -0.2) is 4.98 Å². The molecule has 0 saturated carbocycles. The minimum Gasteiger partial charge on any atom is -0.342 e. The van der Waals surface area contributed by atoms with E-state index in [0.717, 1.165) is 16.1 Å². The first-order valence-electron chi connectivity index (χ1n) is 9.90. The van der Waals surface area contributed by atoms with Crippen molar-refractivity contribution in [3.8, 4) is 0 Å². The molecule has 2 saturated heterocycles. The number of hydrogen-bond donors (Lipinski definition) is 2. The molecular formula is C22H22N4O2S. The Morgan fingerprint density at radius 3 is 2.72 bits per heavy atom. The molecule has 2 aliphatic rings. The van der Waals surface area contributed by atoms with Gasteiger partial charge in [-0.3, -0.25) is 9.59 Å². The lowest BCUT2D eigenvalue weighted by Gasteiger charge is -2.34. The maximum Gasteiger partial charge on any atom is 0.246 e. The normalized spacial score (nSPS) is 24.0. The molecule has 3 aromatic rings. The van der Waals surface area contributed by atoms with Crippen molar-refractivity contribution in [1.82, 2.24) is 20.5 Å². The first kappa shape index (κ1) is 18.3. The quantitative estimate of drug-likeness (QED) is 0.681. The fourth-order valence-electron chi connectivity index (χ4n) is 4.22. The highest BCUT2D eigenvalue weighted by atomic mass is 32.1. The molecule has 0 spiro atoms. The van der Waals surface area contributed by atoms with Crippen LogP contribution in [0.2, 0.25) is 0 Å². The maximum atomic E-state index is 13.0. The summed E-state index contributed by atoms with van der Waals surface area (Å²) >= 11 is 1.68. The molecule has 0 aliphatic carbocycles. The number of thiazole rings is 1. The van der Waals surface area contributed by atoms with Crippen molar-refractivity contribution in [3.63, 3.8) is 0 Å². The Kier molecular flexibility index (Phi) is 4.77. The van der Waals surface area contributed by atoms with Crippen molar-refractivity contribution in [2.24, 2.45) is 0 Å². The van der Waals surface area contributed by atoms with Gasteiger partial charge < -0.3 is 15.5 Å². The predicted octanol–water partition coefficient (Wildman–Crippen LogP) is 2.10. The van der Waals surface area contributed by atoms with Crippen molar-refractivity contribution in [1.29, 1.82) is 0 Å². The van der Waals surface area contributed by atoms with Gasteiger partial charge in [0.25, 0.3) is 0 Å². The second kappa shape index (κ2) is 7.57. The standard InChI is InChI=1S/C22H22N4O2S/c27-21-18-11-15(23-12-20-24-16-8-4-5-9-19(16)29-20)13-26(18)22(28)17(25-21)10-14-6-2-1-3-7-14/h1-9,15,17-18,23H,10-13H2,(H,25,27)/t15-,17+,18-/m0/s1. The van der Waals surface area contributed by atoms with Crippen molar-refractivity contribution in [2.75, 3.05) is 6.54 Å². The zero-order valence-electron chi connectivity index (χ0n) is 15.9. The van der Waals surface area contributed by atoms with Gasteiger partial charge in [0.1, 0.15) is 17.1 Å². The molecule has 0 bridgehead atoms. The molecule has 3 atom stereocenters. The molecule has 1 aromatic heterocycles. The van der Waals surface area contributed by atoms with E-state index in [4.69, 9.17) is 0 Å². The van der Waals surface area contributed by atoms with Gasteiger partial charge in [-0.15, -0.1) is 11.3 Å². The molecule has 2 fully saturated rings. The number of nitrogens with one attached hydrogen (secondary N) is 2. The highest BCUT2D eigenvalue weighted by Gasteiger charge is 2.46. The van der Waals surface area contributed by atoms with Gasteiger partial charge in [0.15, 0.2) is 0 Å². The molecular weight excluding hydrogens is 384 g/mol. The van der Waals surface area contributed by atoms with E-state index in [9.17, 15) is 9.59 Å². The third-order valence-corrected chi connectivity index (χ3v) is 6.70. The zero-order valence-corrected chi connectivity index (χ0v) is 16.7. The number of carbonyl (C=O) groups is 2. The van der Waals surface area contributed by atoms with Crippen LogP contribution in [-0.2, 0) is 22.6 Å². The topological polar surface area (TPSA) is 74.3 Å². The average Bonchev–Trinajstić information content (AvgIpc) is 3.35. The highest BCUT2D eigenvalue weighted by Crippen LogP contribution is 2.25. The lowest BCUT2D eigenvalue weighted by atomic mass is 10.0. The van der Waals surface area contributed by atoms with E-state index in [2.05, 4.69) is 21.7 Å². The van der Waals surface area contributed by atoms with Crippen LogP contribution in [0.15, 0.2) is 54.6 Å². The Balaban J connectivity index is 1.23. The second-order valence-electron chi connectivity index (χ2n) is 7.65. The van der Waals surface area contributed by atoms with Crippen LogP contribution in [0.25, 0.3) is 10.2 Å². The largest absolute Gasteiger partial charge is 0.342 e. The molecule has 0 unspecified atom stereocenters. The number of fused-ring (bicyclic) bond motifs is 2. The number of carbonyl (C=O) groups excluding carboxylic acids is 2. The SMILES string of the molecule is O=C1N[C@H](Cc2ccccc2)C(=O)N2C[C@@H](NCc3nc4ccccc4s3)C[C@@H]12. The Morgan fingerprint density at radius 2 is 1.90 bits per heavy atom. The molecule has 3 heterocycles. The van der Waals surface area contributed by atoms with E-state index in [1.54, 1.807) is 16.2 Å². The highest BCUT2D eigenvalue weighted by molar-refractivity contribution is 7.18. The summed E-state index contributed by atoms with van der Waals surface area (Å²) in [5.41, 5.74) is 2.06. The minimum absolute atomic E-state index is 0.0164. The van der Waals surface area contributed by atoms with E-state index in [1.165, 1.54) is 4.70 Å². The molecule has 2 amide bonds. The Bertz CT molecular complexity index is 1020. The van der Waals surface area contributed by atoms with Gasteiger partial charge in [0, 0.05) is 25.6 Å². The van der Waals surface area contributed by atoms with Gasteiger partial charge in [-0.2, -0.15) is 0 Å². The lowest BCUT2D eigenvalue weighted by molar-refractivity contribution is -0.147. The lowest BCUT2D eigenvalue weighted by Crippen LogP contribution is -2.61. The number of amides is 2. The van der Waals surface area contributed by atoms with Crippen LogP contribution >= 0.6 is 11.3 Å². The number of piperazine rings is 1. The minimum atomic E-state index is -0.482. The Hall–Kier alpha value is -2.77. The summed E-state index contributed by atoms with van der Waals surface area (Å²) in [6.45, 7) is 1.21. The summed E-state index contributed by atoms with van der Waals surface area (Å²) in [4.78, 5) is 32.0. The summed E-state index contributed by atoms with van der Waals surface area (Å²) in [6, 6.07) is 17.1. The van der Waals surface area contributed by atoms with Crippen LogP contribution in [-0.4, -0.2) is 46.4 Å². The number of aromatic nitrogens is 1. The third-order valence-electron chi connectivity index (χ3n) is 5.66. The first-order chi connectivity index (χ1) is 14.2. The van der Waals surface area contributed by atoms with Crippen molar-refractivity contribution < 1.29 is 9.59 Å². The van der Waals surface area contributed by atoms with Crippen LogP contribution in [0.5, 0.6) is 0 Å². The van der Waals surface area contributed by atoms with Crippen molar-refractivity contribution in [2.45, 2.75) is 37.5 Å². The monoisotopic (exact) mass is 406 g/mol. The molecule has 29 heavy (non-hydrogen) atoms. The van der Waals surface area contributed by atoms with Crippen LogP contribution in [0, 0.1) is 0 Å². The zero-order chi connectivity index (χ0) is 19.8. The van der Waals surface area contributed by atoms with Crippen molar-refractivity contribution in [3.05, 3.63) is 65.2 Å². The Morgan fingerprint density at radius 1 is 1.10 bits per heavy atom. The number of benzene rings is 2. The van der Waals surface area contributed by atoms with E-state index in [-0.39, 0.29) is 23.9 Å². The number of rotatable bonds is 5. The molecule has 2 N–H and O–H groups in total. The smallest absolute Gasteiger partial charge is 0.246 e. The molecule has 2 aromatic carbocycles. The average molecular weight is 407 g/mol. The number of hydrogen-bond acceptors (Lipinski definition) is 5. The summed E-state index contributed by atoms with van der Waals surface area (Å²) in [7, 11) is 0. The summed E-state index contributed by atoms with van der Waals surface area (Å²) in [5, 5.41) is 7.45. The van der Waals surface area contributed by atoms with Gasteiger partial charge in [-0.05, 0) is 24.1 Å². The molecule has 2 aliphatic heterocycles. The van der Waals surface area contributed by atoms with Crippen molar-refractivity contribution >= 4 is 33.4 Å². The maximum absolute atomic E-state index is 13.0. The van der Waals surface area contributed by atoms with Gasteiger partial charge in [-0.1, -0.05) is 42.5 Å². The second-order valence-corrected chi connectivity index (χ2v) is 8.76. The Labute approximate surface area is 172 Å². The van der Waals surface area contributed by atoms with Crippen LogP contribution in [0.3, 0.4) is 0 Å². The van der Waals surface area contributed by atoms with Crippen LogP contribution in [0.1, 0.15) is 17.0 Å². The molecule has 7 heteroatoms. The first-order valence-corrected chi connectivity index (χ1v) is 10.7. The molecule has 0 radical (unpaired) electrons. The third kappa shape index (κ3) is 3.63. The fourth-order valence-corrected chi connectivity index (χ4v) is 5.14. The number of para-hydroxylation sites is 1. The van der Waals surface area contributed by atoms with Gasteiger partial charge >= 0.3 is 0 Å². The number of nitrogens with zero attached hydrogens (tertiary/aromatic N) is 2. The van der Waals surface area contributed by atoms with Crippen LogP contribution in [0.4, 0.5) is 0 Å².